The van der Waals surface area contributed by atoms with Crippen LogP contribution in [0.2, 0.25) is 0 Å². The Hall–Kier alpha value is -1.51. The molecule has 0 aromatic carbocycles. The molecule has 1 saturated heterocycles. The maximum absolute atomic E-state index is 11.9. The minimum absolute atomic E-state index is 0.0356. The Bertz CT molecular complexity index is 362. The number of halogens is 3. The van der Waals surface area contributed by atoms with E-state index in [-0.39, 0.29) is 32.4 Å². The van der Waals surface area contributed by atoms with Crippen molar-refractivity contribution in [3.8, 4) is 0 Å². The van der Waals surface area contributed by atoms with Crippen LogP contribution < -0.4 is 5.32 Å². The highest BCUT2D eigenvalue weighted by Gasteiger charge is 2.38. The number of rotatable bonds is 5. The number of urea groups is 1. The number of nitrogens with zero attached hydrogens (tertiary/aromatic N) is 1. The highest BCUT2D eigenvalue weighted by atomic mass is 19.4. The van der Waals surface area contributed by atoms with E-state index in [1.807, 2.05) is 0 Å². The van der Waals surface area contributed by atoms with Crippen molar-refractivity contribution in [3.05, 3.63) is 0 Å². The predicted molar refractivity (Wildman–Crippen MR) is 62.1 cm³/mol. The number of likely N-dealkylation sites (tertiary alicyclic amines) is 1. The number of aliphatic hydroxyl groups excluding tert-OH is 1. The van der Waals surface area contributed by atoms with Gasteiger partial charge >= 0.3 is 18.2 Å². The number of nitrogens with one attached hydrogen (secondary N) is 1. The van der Waals surface area contributed by atoms with Gasteiger partial charge in [-0.2, -0.15) is 13.2 Å². The van der Waals surface area contributed by atoms with Gasteiger partial charge in [0.25, 0.3) is 0 Å². The number of carboxylic acid groups (broad SMARTS) is 1. The van der Waals surface area contributed by atoms with E-state index in [1.54, 1.807) is 0 Å². The molecule has 0 saturated carbocycles. The van der Waals surface area contributed by atoms with Crippen molar-refractivity contribution in [1.82, 2.24) is 10.2 Å². The van der Waals surface area contributed by atoms with Gasteiger partial charge in [0.15, 0.2) is 0 Å². The second-order valence-electron chi connectivity index (χ2n) is 4.70. The summed E-state index contributed by atoms with van der Waals surface area (Å²) in [6.07, 6.45) is -6.02. The van der Waals surface area contributed by atoms with Crippen LogP contribution in [0, 0.1) is 0 Å². The third kappa shape index (κ3) is 5.24. The van der Waals surface area contributed by atoms with Crippen LogP contribution in [0.5, 0.6) is 0 Å². The standard InChI is InChI=1S/C11H17F3N2O4/c12-11(13,14)3-1-2-4-15-10(20)16-6-7(17)5-8(16)9(18)19/h7-8,17H,1-6H2,(H,15,20)(H,18,19)/t7-,8+/m1/s1. The fraction of sp³-hybridized carbons (Fsp3) is 0.818. The molecular formula is C11H17F3N2O4. The molecule has 6 nitrogen and oxygen atoms in total. The third-order valence-corrected chi connectivity index (χ3v) is 2.99. The number of β-amino-alcohol motifs (C(OH)–C–C–N with tert-alkyl or cyclic N) is 1. The smallest absolute Gasteiger partial charge is 0.389 e. The summed E-state index contributed by atoms with van der Waals surface area (Å²) in [5, 5.41) is 20.6. The molecule has 0 aromatic heterocycles. The molecule has 0 aromatic rings. The number of carbonyl (C=O) groups is 2. The summed E-state index contributed by atoms with van der Waals surface area (Å²) in [5.41, 5.74) is 0. The maximum Gasteiger partial charge on any atom is 0.389 e. The Labute approximate surface area is 113 Å². The van der Waals surface area contributed by atoms with Gasteiger partial charge in [0.1, 0.15) is 6.04 Å². The first-order chi connectivity index (χ1) is 9.20. The monoisotopic (exact) mass is 298 g/mol. The van der Waals surface area contributed by atoms with E-state index in [4.69, 9.17) is 5.11 Å². The Balaban J connectivity index is 2.30. The molecule has 1 heterocycles. The first-order valence-corrected chi connectivity index (χ1v) is 6.23. The normalized spacial score (nSPS) is 22.9. The zero-order valence-corrected chi connectivity index (χ0v) is 10.7. The van der Waals surface area contributed by atoms with Gasteiger partial charge in [-0.05, 0) is 12.8 Å². The highest BCUT2D eigenvalue weighted by Crippen LogP contribution is 2.22. The predicted octanol–water partition coefficient (Wildman–Crippen LogP) is 0.948. The van der Waals surface area contributed by atoms with Crippen LogP contribution in [-0.4, -0.2) is 58.5 Å². The molecule has 116 valence electrons. The molecule has 9 heteroatoms. The zero-order chi connectivity index (χ0) is 15.3. The van der Waals surface area contributed by atoms with E-state index in [0.29, 0.717) is 0 Å². The topological polar surface area (TPSA) is 89.9 Å². The molecule has 0 bridgehead atoms. The summed E-state index contributed by atoms with van der Waals surface area (Å²) in [5.74, 6) is -1.21. The quantitative estimate of drug-likeness (QED) is 0.659. The molecule has 0 spiro atoms. The highest BCUT2D eigenvalue weighted by molar-refractivity contribution is 5.83. The second-order valence-corrected chi connectivity index (χ2v) is 4.70. The molecule has 1 aliphatic heterocycles. The van der Waals surface area contributed by atoms with Crippen molar-refractivity contribution < 1.29 is 33.0 Å². The average molecular weight is 298 g/mol. The van der Waals surface area contributed by atoms with Gasteiger partial charge in [-0.15, -0.1) is 0 Å². The number of unbranched alkanes of at least 4 members (excludes halogenated alkanes) is 1. The van der Waals surface area contributed by atoms with Gasteiger partial charge in [0, 0.05) is 25.9 Å². The summed E-state index contributed by atoms with van der Waals surface area (Å²) in [4.78, 5) is 23.6. The van der Waals surface area contributed by atoms with Gasteiger partial charge in [0.2, 0.25) is 0 Å². The van der Waals surface area contributed by atoms with Gasteiger partial charge < -0.3 is 20.4 Å². The molecule has 1 fully saturated rings. The van der Waals surface area contributed by atoms with Crippen LogP contribution in [0.3, 0.4) is 0 Å². The van der Waals surface area contributed by atoms with Crippen molar-refractivity contribution in [2.45, 2.75) is 44.0 Å². The minimum Gasteiger partial charge on any atom is -0.480 e. The van der Waals surface area contributed by atoms with Crippen LogP contribution >= 0.6 is 0 Å². The number of amides is 2. The van der Waals surface area contributed by atoms with Crippen molar-refractivity contribution in [1.29, 1.82) is 0 Å². The summed E-state index contributed by atoms with van der Waals surface area (Å²) >= 11 is 0. The Morgan fingerprint density at radius 2 is 1.95 bits per heavy atom. The largest absolute Gasteiger partial charge is 0.480 e. The van der Waals surface area contributed by atoms with Crippen LogP contribution in [0.1, 0.15) is 25.7 Å². The first-order valence-electron chi connectivity index (χ1n) is 6.23. The van der Waals surface area contributed by atoms with E-state index in [0.717, 1.165) is 4.90 Å². The zero-order valence-electron chi connectivity index (χ0n) is 10.7. The number of carbonyl (C=O) groups excluding carboxylic acids is 1. The lowest BCUT2D eigenvalue weighted by Crippen LogP contribution is -2.46. The third-order valence-electron chi connectivity index (χ3n) is 2.99. The number of hydrogen-bond donors (Lipinski definition) is 3. The van der Waals surface area contributed by atoms with E-state index in [1.165, 1.54) is 0 Å². The maximum atomic E-state index is 11.9. The lowest BCUT2D eigenvalue weighted by atomic mass is 10.2. The lowest BCUT2D eigenvalue weighted by Gasteiger charge is -2.21. The lowest BCUT2D eigenvalue weighted by molar-refractivity contribution is -0.141. The summed E-state index contributed by atoms with van der Waals surface area (Å²) in [7, 11) is 0. The van der Waals surface area contributed by atoms with E-state index in [9.17, 15) is 27.9 Å². The van der Waals surface area contributed by atoms with Crippen LogP contribution in [0.25, 0.3) is 0 Å². The first kappa shape index (κ1) is 16.5. The number of hydrogen-bond acceptors (Lipinski definition) is 3. The Morgan fingerprint density at radius 1 is 1.30 bits per heavy atom. The number of aliphatic carboxylic acids is 1. The summed E-state index contributed by atoms with van der Waals surface area (Å²) in [6.45, 7) is -0.0564. The summed E-state index contributed by atoms with van der Waals surface area (Å²) in [6, 6.07) is -1.78. The van der Waals surface area contributed by atoms with Crippen LogP contribution in [0.4, 0.5) is 18.0 Å². The minimum atomic E-state index is -4.21. The van der Waals surface area contributed by atoms with Gasteiger partial charge in [-0.3, -0.25) is 0 Å². The fourth-order valence-corrected chi connectivity index (χ4v) is 2.02. The molecule has 1 rings (SSSR count). The molecule has 0 aliphatic carbocycles. The van der Waals surface area contributed by atoms with Crippen LogP contribution in [-0.2, 0) is 4.79 Å². The van der Waals surface area contributed by atoms with E-state index >= 15 is 0 Å². The van der Waals surface area contributed by atoms with Gasteiger partial charge in [-0.25, -0.2) is 9.59 Å². The van der Waals surface area contributed by atoms with Crippen molar-refractivity contribution in [2.24, 2.45) is 0 Å². The van der Waals surface area contributed by atoms with Gasteiger partial charge in [-0.1, -0.05) is 0 Å². The molecular weight excluding hydrogens is 281 g/mol. The molecule has 1 aliphatic rings. The SMILES string of the molecule is O=C(O)[C@@H]1C[C@@H](O)CN1C(=O)NCCCCC(F)(F)F. The molecule has 20 heavy (non-hydrogen) atoms. The van der Waals surface area contributed by atoms with E-state index < -0.39 is 36.7 Å². The summed E-state index contributed by atoms with van der Waals surface area (Å²) < 4.78 is 35.6. The van der Waals surface area contributed by atoms with E-state index in [2.05, 4.69) is 5.32 Å². The van der Waals surface area contributed by atoms with Crippen molar-refractivity contribution in [2.75, 3.05) is 13.1 Å². The molecule has 0 radical (unpaired) electrons. The van der Waals surface area contributed by atoms with Crippen molar-refractivity contribution >= 4 is 12.0 Å². The Morgan fingerprint density at radius 3 is 2.50 bits per heavy atom. The van der Waals surface area contributed by atoms with Crippen molar-refractivity contribution in [3.63, 3.8) is 0 Å². The Kier molecular flexibility index (Phi) is 5.61. The molecule has 3 N–H and O–H groups in total. The second kappa shape index (κ2) is 6.78. The fourth-order valence-electron chi connectivity index (χ4n) is 2.02. The number of alkyl halides is 3. The van der Waals surface area contributed by atoms with Gasteiger partial charge in [0.05, 0.1) is 6.10 Å². The number of aliphatic hydroxyl groups is 1. The molecule has 0 unspecified atom stereocenters. The average Bonchev–Trinajstić information content (AvgIpc) is 2.69. The molecule has 2 amide bonds. The van der Waals surface area contributed by atoms with Crippen LogP contribution in [0.15, 0.2) is 0 Å². The number of carboxylic acids is 1. The molecule has 2 atom stereocenters.